The number of carboxylic acids is 1. The second-order valence-corrected chi connectivity index (χ2v) is 8.56. The molecule has 0 fully saturated rings. The van der Waals surface area contributed by atoms with E-state index in [9.17, 15) is 9.59 Å². The summed E-state index contributed by atoms with van der Waals surface area (Å²) in [6.45, 7) is 4.02. The molecule has 1 N–H and O–H groups in total. The van der Waals surface area contributed by atoms with Crippen LogP contribution in [0.1, 0.15) is 48.2 Å². The molecule has 35 heavy (non-hydrogen) atoms. The highest BCUT2D eigenvalue weighted by molar-refractivity contribution is 6.08. The third-order valence-corrected chi connectivity index (χ3v) is 5.71. The number of hydrogen-bond donors (Lipinski definition) is 1. The number of carbonyl (C=O) groups excluding carboxylic acids is 1. The number of rotatable bonds is 13. The standard InChI is InChI=1S/C29H32O6/c1-20(34-25-15-11-22(12-16-25)19-27(33-3)29(31)32)9-10-21(2)35-26-17-13-24(14-18-26)28(30)23-7-5-4-6-8-23/h4-8,11-18,20-21,27H,9-10,19H2,1-3H3,(H,31,32)/t20?,21?,27-/m0/s1. The van der Waals surface area contributed by atoms with E-state index < -0.39 is 12.1 Å². The Balaban J connectivity index is 1.43. The Morgan fingerprint density at radius 2 is 1.23 bits per heavy atom. The van der Waals surface area contributed by atoms with E-state index in [1.165, 1.54) is 7.11 Å². The first kappa shape index (κ1) is 26.0. The van der Waals surface area contributed by atoms with Crippen LogP contribution in [-0.4, -0.2) is 42.3 Å². The van der Waals surface area contributed by atoms with Crippen molar-refractivity contribution in [2.45, 2.75) is 51.4 Å². The second-order valence-electron chi connectivity index (χ2n) is 8.56. The Kier molecular flexibility index (Phi) is 9.44. The van der Waals surface area contributed by atoms with Crippen LogP contribution in [0.5, 0.6) is 11.5 Å². The van der Waals surface area contributed by atoms with Gasteiger partial charge in [0, 0.05) is 24.7 Å². The average Bonchev–Trinajstić information content (AvgIpc) is 2.87. The molecule has 3 aromatic rings. The minimum Gasteiger partial charge on any atom is -0.491 e. The Labute approximate surface area is 206 Å². The van der Waals surface area contributed by atoms with Gasteiger partial charge < -0.3 is 19.3 Å². The number of ketones is 1. The Bertz CT molecular complexity index is 1080. The largest absolute Gasteiger partial charge is 0.491 e. The van der Waals surface area contributed by atoms with Crippen molar-refractivity contribution in [2.24, 2.45) is 0 Å². The van der Waals surface area contributed by atoms with E-state index >= 15 is 0 Å². The number of carbonyl (C=O) groups is 2. The monoisotopic (exact) mass is 476 g/mol. The van der Waals surface area contributed by atoms with Crippen LogP contribution in [0.15, 0.2) is 78.9 Å². The summed E-state index contributed by atoms with van der Waals surface area (Å²) >= 11 is 0. The molecule has 6 heteroatoms. The van der Waals surface area contributed by atoms with Crippen molar-refractivity contribution in [3.63, 3.8) is 0 Å². The van der Waals surface area contributed by atoms with Crippen molar-refractivity contribution in [3.05, 3.63) is 95.6 Å². The lowest BCUT2D eigenvalue weighted by molar-refractivity contribution is -0.148. The minimum atomic E-state index is -0.977. The summed E-state index contributed by atoms with van der Waals surface area (Å²) in [4.78, 5) is 23.6. The summed E-state index contributed by atoms with van der Waals surface area (Å²) in [5, 5.41) is 9.11. The van der Waals surface area contributed by atoms with Crippen LogP contribution in [0.3, 0.4) is 0 Å². The van der Waals surface area contributed by atoms with E-state index in [1.807, 2.05) is 80.6 Å². The molecule has 0 saturated carbocycles. The van der Waals surface area contributed by atoms with Crippen LogP contribution in [0.4, 0.5) is 0 Å². The number of hydrogen-bond acceptors (Lipinski definition) is 5. The van der Waals surface area contributed by atoms with Crippen molar-refractivity contribution in [1.82, 2.24) is 0 Å². The van der Waals surface area contributed by atoms with Crippen LogP contribution in [0.25, 0.3) is 0 Å². The van der Waals surface area contributed by atoms with E-state index in [4.69, 9.17) is 19.3 Å². The molecule has 0 heterocycles. The predicted octanol–water partition coefficient (Wildman–Crippen LogP) is 5.57. The molecule has 0 amide bonds. The molecule has 0 saturated heterocycles. The van der Waals surface area contributed by atoms with Crippen LogP contribution in [0.2, 0.25) is 0 Å². The number of aliphatic carboxylic acids is 1. The first-order valence-corrected chi connectivity index (χ1v) is 11.7. The van der Waals surface area contributed by atoms with E-state index in [0.29, 0.717) is 17.5 Å². The zero-order chi connectivity index (χ0) is 25.2. The number of carboxylic acid groups (broad SMARTS) is 1. The molecular formula is C29H32O6. The molecule has 3 atom stereocenters. The highest BCUT2D eigenvalue weighted by Crippen LogP contribution is 2.20. The smallest absolute Gasteiger partial charge is 0.333 e. The predicted molar refractivity (Wildman–Crippen MR) is 134 cm³/mol. The third kappa shape index (κ3) is 7.97. The van der Waals surface area contributed by atoms with Crippen molar-refractivity contribution in [2.75, 3.05) is 7.11 Å². The van der Waals surface area contributed by atoms with E-state index in [0.717, 1.165) is 29.9 Å². The first-order valence-electron chi connectivity index (χ1n) is 11.7. The van der Waals surface area contributed by atoms with Gasteiger partial charge in [0.05, 0.1) is 12.2 Å². The van der Waals surface area contributed by atoms with Gasteiger partial charge in [0.1, 0.15) is 11.5 Å². The van der Waals surface area contributed by atoms with Crippen LogP contribution < -0.4 is 9.47 Å². The van der Waals surface area contributed by atoms with Crippen molar-refractivity contribution >= 4 is 11.8 Å². The molecule has 0 aliphatic heterocycles. The quantitative estimate of drug-likeness (QED) is 0.325. The summed E-state index contributed by atoms with van der Waals surface area (Å²) in [7, 11) is 1.39. The molecule has 0 aliphatic carbocycles. The van der Waals surface area contributed by atoms with Gasteiger partial charge in [0.2, 0.25) is 0 Å². The number of benzene rings is 3. The second kappa shape index (κ2) is 12.7. The molecule has 3 rings (SSSR count). The molecule has 0 radical (unpaired) electrons. The van der Waals surface area contributed by atoms with Crippen LogP contribution >= 0.6 is 0 Å². The lowest BCUT2D eigenvalue weighted by atomic mass is 10.0. The van der Waals surface area contributed by atoms with Gasteiger partial charge in [-0.25, -0.2) is 4.79 Å². The van der Waals surface area contributed by atoms with Gasteiger partial charge in [-0.05, 0) is 68.7 Å². The molecule has 0 aliphatic rings. The summed E-state index contributed by atoms with van der Waals surface area (Å²) in [6, 6.07) is 23.8. The van der Waals surface area contributed by atoms with Crippen molar-refractivity contribution in [1.29, 1.82) is 0 Å². The molecule has 2 unspecified atom stereocenters. The number of ether oxygens (including phenoxy) is 3. The van der Waals surface area contributed by atoms with Gasteiger partial charge in [-0.2, -0.15) is 0 Å². The normalized spacial score (nSPS) is 13.5. The lowest BCUT2D eigenvalue weighted by Crippen LogP contribution is -2.24. The molecule has 184 valence electrons. The summed E-state index contributed by atoms with van der Waals surface area (Å²) < 4.78 is 17.0. The molecule has 3 aromatic carbocycles. The van der Waals surface area contributed by atoms with E-state index in [1.54, 1.807) is 12.1 Å². The van der Waals surface area contributed by atoms with Crippen LogP contribution in [0, 0.1) is 0 Å². The maximum Gasteiger partial charge on any atom is 0.333 e. The first-order chi connectivity index (χ1) is 16.9. The molecular weight excluding hydrogens is 444 g/mol. The molecule has 6 nitrogen and oxygen atoms in total. The van der Waals surface area contributed by atoms with Gasteiger partial charge in [0.25, 0.3) is 0 Å². The third-order valence-electron chi connectivity index (χ3n) is 5.71. The fourth-order valence-corrected chi connectivity index (χ4v) is 3.68. The Hall–Kier alpha value is -3.64. The zero-order valence-electron chi connectivity index (χ0n) is 20.3. The Morgan fingerprint density at radius 3 is 1.71 bits per heavy atom. The van der Waals surface area contributed by atoms with Crippen molar-refractivity contribution < 1.29 is 28.9 Å². The summed E-state index contributed by atoms with van der Waals surface area (Å²) in [6.07, 6.45) is 1.03. The molecule has 0 spiro atoms. The maximum atomic E-state index is 12.5. The van der Waals surface area contributed by atoms with E-state index in [-0.39, 0.29) is 18.0 Å². The SMILES string of the molecule is CO[C@@H](Cc1ccc(OC(C)CCC(C)Oc2ccc(C(=O)c3ccccc3)cc2)cc1)C(=O)O. The van der Waals surface area contributed by atoms with Gasteiger partial charge >= 0.3 is 5.97 Å². The molecule has 0 aromatic heterocycles. The highest BCUT2D eigenvalue weighted by atomic mass is 16.5. The molecule has 0 bridgehead atoms. The topological polar surface area (TPSA) is 82.1 Å². The van der Waals surface area contributed by atoms with Gasteiger partial charge in [-0.3, -0.25) is 4.79 Å². The summed E-state index contributed by atoms with van der Waals surface area (Å²) in [5.41, 5.74) is 2.17. The minimum absolute atomic E-state index is 0.00963. The van der Waals surface area contributed by atoms with Crippen LogP contribution in [-0.2, 0) is 16.0 Å². The van der Waals surface area contributed by atoms with Gasteiger partial charge in [-0.15, -0.1) is 0 Å². The maximum absolute atomic E-state index is 12.5. The van der Waals surface area contributed by atoms with Gasteiger partial charge in [0.15, 0.2) is 11.9 Å². The average molecular weight is 477 g/mol. The van der Waals surface area contributed by atoms with E-state index in [2.05, 4.69) is 0 Å². The highest BCUT2D eigenvalue weighted by Gasteiger charge is 2.17. The fourth-order valence-electron chi connectivity index (χ4n) is 3.68. The Morgan fingerprint density at radius 1 is 0.743 bits per heavy atom. The summed E-state index contributed by atoms with van der Waals surface area (Å²) in [5.74, 6) is 0.471. The van der Waals surface area contributed by atoms with Gasteiger partial charge in [-0.1, -0.05) is 42.5 Å². The van der Waals surface area contributed by atoms with Crippen molar-refractivity contribution in [3.8, 4) is 11.5 Å². The fraction of sp³-hybridized carbons (Fsp3) is 0.310. The number of methoxy groups -OCH3 is 1. The lowest BCUT2D eigenvalue weighted by Gasteiger charge is -2.19. The zero-order valence-corrected chi connectivity index (χ0v) is 20.3.